The molecule has 102 valence electrons. The summed E-state index contributed by atoms with van der Waals surface area (Å²) in [4.78, 5) is 0. The molecule has 1 saturated heterocycles. The largest absolute Gasteiger partial charge is 0.394 e. The number of aliphatic hydroxyl groups is 4. The third kappa shape index (κ3) is 3.89. The molecule has 0 bridgehead atoms. The Kier molecular flexibility index (Phi) is 6.37. The fraction of sp³-hybridized carbons (Fsp3) is 1.00. The summed E-state index contributed by atoms with van der Waals surface area (Å²) in [5.74, 6) is 0. The van der Waals surface area contributed by atoms with Crippen LogP contribution < -0.4 is 0 Å². The second-order valence-corrected chi connectivity index (χ2v) is 4.72. The van der Waals surface area contributed by atoms with Crippen molar-refractivity contribution in [2.75, 3.05) is 6.61 Å². The van der Waals surface area contributed by atoms with Gasteiger partial charge in [-0.1, -0.05) is 32.6 Å². The molecule has 4 N–H and O–H groups in total. The Balaban J connectivity index is 2.42. The fourth-order valence-electron chi connectivity index (χ4n) is 2.19. The lowest BCUT2D eigenvalue weighted by molar-refractivity contribution is -0.230. The van der Waals surface area contributed by atoms with Crippen LogP contribution in [0.15, 0.2) is 0 Å². The van der Waals surface area contributed by atoms with E-state index in [1.54, 1.807) is 0 Å². The van der Waals surface area contributed by atoms with Gasteiger partial charge in [0.15, 0.2) is 0 Å². The molecule has 17 heavy (non-hydrogen) atoms. The molecule has 0 aromatic rings. The molecule has 1 aliphatic heterocycles. The number of ether oxygens (including phenoxy) is 1. The lowest BCUT2D eigenvalue weighted by atomic mass is 9.92. The highest BCUT2D eigenvalue weighted by Crippen LogP contribution is 2.24. The lowest BCUT2D eigenvalue weighted by Crippen LogP contribution is -2.58. The molecule has 1 aliphatic rings. The van der Waals surface area contributed by atoms with Gasteiger partial charge in [-0.15, -0.1) is 0 Å². The van der Waals surface area contributed by atoms with Crippen LogP contribution in [-0.4, -0.2) is 57.6 Å². The third-order valence-electron chi connectivity index (χ3n) is 3.33. The summed E-state index contributed by atoms with van der Waals surface area (Å²) in [5, 5.41) is 37.9. The zero-order valence-electron chi connectivity index (χ0n) is 10.3. The molecular formula is C12H24O5. The molecule has 5 nitrogen and oxygen atoms in total. The minimum atomic E-state index is -1.24. The quantitative estimate of drug-likeness (QED) is 0.489. The van der Waals surface area contributed by atoms with Crippen molar-refractivity contribution in [1.82, 2.24) is 0 Å². The standard InChI is InChI=1S/C12H24O5/c1-2-3-4-5-6-8-10(14)12(16)11(15)9(7-13)17-8/h8-16H,2-7H2,1H3/t8?,9-,10+,11+,12-/m1/s1. The summed E-state index contributed by atoms with van der Waals surface area (Å²) >= 11 is 0. The van der Waals surface area contributed by atoms with Gasteiger partial charge >= 0.3 is 0 Å². The van der Waals surface area contributed by atoms with Crippen LogP contribution in [0.2, 0.25) is 0 Å². The lowest BCUT2D eigenvalue weighted by Gasteiger charge is -2.40. The highest BCUT2D eigenvalue weighted by atomic mass is 16.5. The Bertz CT molecular complexity index is 209. The van der Waals surface area contributed by atoms with E-state index in [2.05, 4.69) is 6.92 Å². The average Bonchev–Trinajstić information content (AvgIpc) is 2.34. The van der Waals surface area contributed by atoms with Crippen LogP contribution in [0.4, 0.5) is 0 Å². The average molecular weight is 248 g/mol. The van der Waals surface area contributed by atoms with E-state index >= 15 is 0 Å². The highest BCUT2D eigenvalue weighted by molar-refractivity contribution is 4.91. The van der Waals surface area contributed by atoms with Crippen LogP contribution in [0, 0.1) is 0 Å². The van der Waals surface area contributed by atoms with Crippen LogP contribution in [0.5, 0.6) is 0 Å². The van der Waals surface area contributed by atoms with E-state index in [0.717, 1.165) is 25.7 Å². The maximum atomic E-state index is 9.76. The minimum Gasteiger partial charge on any atom is -0.394 e. The first-order valence-corrected chi connectivity index (χ1v) is 6.42. The summed E-state index contributed by atoms with van der Waals surface area (Å²) in [6, 6.07) is 0. The van der Waals surface area contributed by atoms with Crippen molar-refractivity contribution in [2.24, 2.45) is 0 Å². The monoisotopic (exact) mass is 248 g/mol. The van der Waals surface area contributed by atoms with Crippen molar-refractivity contribution in [1.29, 1.82) is 0 Å². The normalized spacial score (nSPS) is 38.3. The van der Waals surface area contributed by atoms with Crippen LogP contribution in [0.25, 0.3) is 0 Å². The third-order valence-corrected chi connectivity index (χ3v) is 3.33. The van der Waals surface area contributed by atoms with E-state index in [1.165, 1.54) is 0 Å². The summed E-state index contributed by atoms with van der Waals surface area (Å²) in [6.07, 6.45) is 0.0515. The van der Waals surface area contributed by atoms with Crippen molar-refractivity contribution in [3.05, 3.63) is 0 Å². The minimum absolute atomic E-state index is 0.351. The molecule has 1 fully saturated rings. The predicted molar refractivity (Wildman–Crippen MR) is 62.5 cm³/mol. The molecule has 0 saturated carbocycles. The number of hydrogen-bond donors (Lipinski definition) is 4. The van der Waals surface area contributed by atoms with Crippen molar-refractivity contribution in [3.63, 3.8) is 0 Å². The summed E-state index contributed by atoms with van der Waals surface area (Å²) in [7, 11) is 0. The molecule has 0 amide bonds. The van der Waals surface area contributed by atoms with Gasteiger partial charge in [0.05, 0.1) is 12.7 Å². The maximum Gasteiger partial charge on any atom is 0.111 e. The van der Waals surface area contributed by atoms with Crippen LogP contribution in [-0.2, 0) is 4.74 Å². The molecular weight excluding hydrogens is 224 g/mol. The first-order chi connectivity index (χ1) is 8.11. The van der Waals surface area contributed by atoms with Gasteiger partial charge in [0.1, 0.15) is 24.4 Å². The number of rotatable bonds is 6. The molecule has 1 unspecified atom stereocenters. The van der Waals surface area contributed by atoms with Crippen LogP contribution >= 0.6 is 0 Å². The van der Waals surface area contributed by atoms with Crippen molar-refractivity contribution in [2.45, 2.75) is 69.5 Å². The molecule has 0 radical (unpaired) electrons. The zero-order valence-corrected chi connectivity index (χ0v) is 10.3. The Hall–Kier alpha value is -0.200. The SMILES string of the molecule is CCCCCCC1O[C@H](CO)[C@H](O)[C@H](O)[C@H]1O. The Morgan fingerprint density at radius 2 is 1.53 bits per heavy atom. The molecule has 0 aromatic carbocycles. The molecule has 1 rings (SSSR count). The van der Waals surface area contributed by atoms with Crippen molar-refractivity contribution < 1.29 is 25.2 Å². The van der Waals surface area contributed by atoms with Crippen molar-refractivity contribution in [3.8, 4) is 0 Å². The van der Waals surface area contributed by atoms with E-state index in [1.807, 2.05) is 0 Å². The summed E-state index contributed by atoms with van der Waals surface area (Å²) < 4.78 is 5.40. The van der Waals surface area contributed by atoms with E-state index in [-0.39, 0.29) is 6.61 Å². The Labute approximate surface area is 102 Å². The molecule has 5 heteroatoms. The Morgan fingerprint density at radius 3 is 2.12 bits per heavy atom. The molecule has 0 aromatic heterocycles. The molecule has 5 atom stereocenters. The van der Waals surface area contributed by atoms with E-state index < -0.39 is 30.5 Å². The van der Waals surface area contributed by atoms with E-state index in [4.69, 9.17) is 9.84 Å². The number of unbranched alkanes of at least 4 members (excludes halogenated alkanes) is 3. The van der Waals surface area contributed by atoms with Gasteiger partial charge < -0.3 is 25.2 Å². The smallest absolute Gasteiger partial charge is 0.111 e. The summed E-state index contributed by atoms with van der Waals surface area (Å²) in [5.41, 5.74) is 0. The van der Waals surface area contributed by atoms with Crippen LogP contribution in [0.3, 0.4) is 0 Å². The Morgan fingerprint density at radius 1 is 0.882 bits per heavy atom. The van der Waals surface area contributed by atoms with Gasteiger partial charge in [0.25, 0.3) is 0 Å². The van der Waals surface area contributed by atoms with E-state index in [0.29, 0.717) is 6.42 Å². The highest BCUT2D eigenvalue weighted by Gasteiger charge is 2.42. The van der Waals surface area contributed by atoms with Gasteiger partial charge in [-0.3, -0.25) is 0 Å². The van der Waals surface area contributed by atoms with Crippen molar-refractivity contribution >= 4 is 0 Å². The second kappa shape index (κ2) is 7.28. The van der Waals surface area contributed by atoms with Gasteiger partial charge in [0, 0.05) is 0 Å². The predicted octanol–water partition coefficient (Wildman–Crippen LogP) is -0.201. The molecule has 0 spiro atoms. The van der Waals surface area contributed by atoms with Gasteiger partial charge in [-0.05, 0) is 6.42 Å². The number of aliphatic hydroxyl groups excluding tert-OH is 4. The van der Waals surface area contributed by atoms with Crippen LogP contribution in [0.1, 0.15) is 39.0 Å². The maximum absolute atomic E-state index is 9.76. The zero-order chi connectivity index (χ0) is 12.8. The topological polar surface area (TPSA) is 90.2 Å². The van der Waals surface area contributed by atoms with Gasteiger partial charge in [-0.2, -0.15) is 0 Å². The van der Waals surface area contributed by atoms with E-state index in [9.17, 15) is 15.3 Å². The summed E-state index contributed by atoms with van der Waals surface area (Å²) in [6.45, 7) is 1.77. The van der Waals surface area contributed by atoms with Gasteiger partial charge in [0.2, 0.25) is 0 Å². The first kappa shape index (κ1) is 14.9. The molecule has 0 aliphatic carbocycles. The second-order valence-electron chi connectivity index (χ2n) is 4.72. The molecule has 1 heterocycles. The number of hydrogen-bond acceptors (Lipinski definition) is 5. The fourth-order valence-corrected chi connectivity index (χ4v) is 2.19. The van der Waals surface area contributed by atoms with Gasteiger partial charge in [-0.25, -0.2) is 0 Å². The first-order valence-electron chi connectivity index (χ1n) is 6.42.